The molecule has 1 aliphatic heterocycles. The number of ether oxygens (including phenoxy) is 5. The number of carbonyl (C=O) groups is 1. The predicted molar refractivity (Wildman–Crippen MR) is 126 cm³/mol. The third-order valence-electron chi connectivity index (χ3n) is 5.45. The summed E-state index contributed by atoms with van der Waals surface area (Å²) < 4.78 is 28.1. The largest absolute Gasteiger partial charge is 0.490 e. The Hall–Kier alpha value is -3.55. The molecule has 1 aliphatic rings. The van der Waals surface area contributed by atoms with Crippen LogP contribution in [0.2, 0.25) is 0 Å². The minimum atomic E-state index is -1.55. The Morgan fingerprint density at radius 1 is 0.824 bits per heavy atom. The molecule has 3 aromatic carbocycles. The molecule has 0 amide bonds. The van der Waals surface area contributed by atoms with Gasteiger partial charge in [0.05, 0.1) is 13.2 Å². The van der Waals surface area contributed by atoms with Gasteiger partial charge < -0.3 is 28.8 Å². The molecule has 0 spiro atoms. The van der Waals surface area contributed by atoms with E-state index in [1.54, 1.807) is 0 Å². The van der Waals surface area contributed by atoms with Crippen LogP contribution in [-0.2, 0) is 20.7 Å². The zero-order valence-corrected chi connectivity index (χ0v) is 19.0. The van der Waals surface area contributed by atoms with Crippen molar-refractivity contribution in [2.24, 2.45) is 5.92 Å². The van der Waals surface area contributed by atoms with E-state index in [9.17, 15) is 4.79 Å². The maximum atomic E-state index is 11.2. The highest BCUT2D eigenvalue weighted by atomic mass is 16.7. The molecule has 0 saturated carbocycles. The maximum absolute atomic E-state index is 11.2. The lowest BCUT2D eigenvalue weighted by Crippen LogP contribution is -2.48. The van der Waals surface area contributed by atoms with E-state index in [0.717, 1.165) is 35.0 Å². The van der Waals surface area contributed by atoms with Crippen LogP contribution in [0.25, 0.3) is 0 Å². The standard InChI is InChI=1S/C27H28O7/c1-27(26(28)29)32-18-21(19-33-27)17-20-7-9-22(10-8-20)30-15-16-31-23-11-13-25(14-12-23)34-24-5-3-2-4-6-24/h2-14,21H,15-19H2,1H3,(H,28,29). The monoisotopic (exact) mass is 464 g/mol. The summed E-state index contributed by atoms with van der Waals surface area (Å²) in [6.45, 7) is 2.95. The molecule has 0 radical (unpaired) electrons. The molecular formula is C27H28O7. The van der Waals surface area contributed by atoms with E-state index in [4.69, 9.17) is 28.8 Å². The smallest absolute Gasteiger partial charge is 0.364 e. The summed E-state index contributed by atoms with van der Waals surface area (Å²) in [6.07, 6.45) is 0.739. The van der Waals surface area contributed by atoms with Crippen molar-refractivity contribution >= 4 is 5.97 Å². The maximum Gasteiger partial charge on any atom is 0.364 e. The third-order valence-corrected chi connectivity index (χ3v) is 5.45. The minimum absolute atomic E-state index is 0.108. The molecule has 0 aliphatic carbocycles. The van der Waals surface area contributed by atoms with Crippen LogP contribution >= 0.6 is 0 Å². The Kier molecular flexibility index (Phi) is 7.67. The van der Waals surface area contributed by atoms with Gasteiger partial charge in [0, 0.05) is 12.8 Å². The van der Waals surface area contributed by atoms with Gasteiger partial charge in [-0.15, -0.1) is 0 Å². The fourth-order valence-electron chi connectivity index (χ4n) is 3.49. The first kappa shape index (κ1) is 23.6. The summed E-state index contributed by atoms with van der Waals surface area (Å²) in [5, 5.41) is 9.14. The van der Waals surface area contributed by atoms with Crippen LogP contribution in [0.5, 0.6) is 23.0 Å². The fourth-order valence-corrected chi connectivity index (χ4v) is 3.49. The topological polar surface area (TPSA) is 83.5 Å². The van der Waals surface area contributed by atoms with Gasteiger partial charge in [0.15, 0.2) is 0 Å². The molecule has 178 valence electrons. The van der Waals surface area contributed by atoms with Gasteiger partial charge in [-0.3, -0.25) is 0 Å². The molecule has 34 heavy (non-hydrogen) atoms. The van der Waals surface area contributed by atoms with Gasteiger partial charge in [-0.2, -0.15) is 0 Å². The number of hydrogen-bond acceptors (Lipinski definition) is 6. The summed E-state index contributed by atoms with van der Waals surface area (Å²) in [5.41, 5.74) is 1.11. The highest BCUT2D eigenvalue weighted by Crippen LogP contribution is 2.25. The van der Waals surface area contributed by atoms with E-state index >= 15 is 0 Å². The summed E-state index contributed by atoms with van der Waals surface area (Å²) >= 11 is 0. The van der Waals surface area contributed by atoms with E-state index in [0.29, 0.717) is 26.4 Å². The lowest BCUT2D eigenvalue weighted by molar-refractivity contribution is -0.270. The zero-order chi connectivity index (χ0) is 23.8. The fraction of sp³-hybridized carbons (Fsp3) is 0.296. The second-order valence-electron chi connectivity index (χ2n) is 8.17. The Morgan fingerprint density at radius 3 is 1.88 bits per heavy atom. The van der Waals surface area contributed by atoms with Gasteiger partial charge in [0.25, 0.3) is 5.79 Å². The molecule has 4 rings (SSSR count). The van der Waals surface area contributed by atoms with Gasteiger partial charge in [0.1, 0.15) is 36.2 Å². The van der Waals surface area contributed by atoms with E-state index in [1.165, 1.54) is 6.92 Å². The molecule has 3 aromatic rings. The molecule has 1 N–H and O–H groups in total. The van der Waals surface area contributed by atoms with Crippen LogP contribution in [-0.4, -0.2) is 43.3 Å². The average molecular weight is 465 g/mol. The zero-order valence-electron chi connectivity index (χ0n) is 19.0. The predicted octanol–water partition coefficient (Wildman–Crippen LogP) is 4.94. The van der Waals surface area contributed by atoms with E-state index < -0.39 is 11.8 Å². The number of carboxylic acids is 1. The number of hydrogen-bond donors (Lipinski definition) is 1. The number of rotatable bonds is 10. The van der Waals surface area contributed by atoms with Crippen molar-refractivity contribution in [2.75, 3.05) is 26.4 Å². The van der Waals surface area contributed by atoms with Crippen LogP contribution < -0.4 is 14.2 Å². The minimum Gasteiger partial charge on any atom is -0.490 e. The van der Waals surface area contributed by atoms with E-state index in [1.807, 2.05) is 78.9 Å². The van der Waals surface area contributed by atoms with Crippen LogP contribution in [0.3, 0.4) is 0 Å². The molecule has 0 aromatic heterocycles. The number of benzene rings is 3. The molecule has 1 fully saturated rings. The molecule has 7 heteroatoms. The van der Waals surface area contributed by atoms with Crippen LogP contribution in [0, 0.1) is 5.92 Å². The van der Waals surface area contributed by atoms with Gasteiger partial charge in [-0.1, -0.05) is 30.3 Å². The molecule has 7 nitrogen and oxygen atoms in total. The van der Waals surface area contributed by atoms with Crippen molar-refractivity contribution < 1.29 is 33.6 Å². The average Bonchev–Trinajstić information content (AvgIpc) is 2.86. The molecule has 0 unspecified atom stereocenters. The van der Waals surface area contributed by atoms with Crippen molar-refractivity contribution in [1.29, 1.82) is 0 Å². The highest BCUT2D eigenvalue weighted by Gasteiger charge is 2.40. The van der Waals surface area contributed by atoms with Crippen LogP contribution in [0.4, 0.5) is 0 Å². The first-order valence-electron chi connectivity index (χ1n) is 11.2. The molecule has 1 heterocycles. The molecular weight excluding hydrogens is 436 g/mol. The highest BCUT2D eigenvalue weighted by molar-refractivity contribution is 5.75. The summed E-state index contributed by atoms with van der Waals surface area (Å²) in [4.78, 5) is 11.2. The number of aliphatic carboxylic acids is 1. The second kappa shape index (κ2) is 11.0. The lowest BCUT2D eigenvalue weighted by atomic mass is 9.99. The molecule has 0 bridgehead atoms. The summed E-state index contributed by atoms with van der Waals surface area (Å²) in [7, 11) is 0. The van der Waals surface area contributed by atoms with Gasteiger partial charge in [-0.05, 0) is 60.5 Å². The molecule has 1 saturated heterocycles. The second-order valence-corrected chi connectivity index (χ2v) is 8.17. The van der Waals surface area contributed by atoms with Crippen molar-refractivity contribution in [1.82, 2.24) is 0 Å². The quantitative estimate of drug-likeness (QED) is 0.425. The SMILES string of the molecule is CC1(C(=O)O)OCC(Cc2ccc(OCCOc3ccc(Oc4ccccc4)cc3)cc2)CO1. The van der Waals surface area contributed by atoms with Crippen molar-refractivity contribution in [2.45, 2.75) is 19.1 Å². The summed E-state index contributed by atoms with van der Waals surface area (Å²) in [5.74, 6) is 0.495. The van der Waals surface area contributed by atoms with Gasteiger partial charge in [-0.25, -0.2) is 4.79 Å². The normalized spacial score (nSPS) is 19.9. The third kappa shape index (κ3) is 6.50. The Bertz CT molecular complexity index is 1040. The van der Waals surface area contributed by atoms with Crippen molar-refractivity contribution in [3.05, 3.63) is 84.4 Å². The van der Waals surface area contributed by atoms with Crippen molar-refractivity contribution in [3.63, 3.8) is 0 Å². The Balaban J connectivity index is 1.15. The van der Waals surface area contributed by atoms with Crippen LogP contribution in [0.1, 0.15) is 12.5 Å². The first-order valence-corrected chi connectivity index (χ1v) is 11.2. The van der Waals surface area contributed by atoms with Gasteiger partial charge >= 0.3 is 5.97 Å². The number of para-hydroxylation sites is 1. The van der Waals surface area contributed by atoms with Crippen LogP contribution in [0.15, 0.2) is 78.9 Å². The molecule has 0 atom stereocenters. The van der Waals surface area contributed by atoms with Crippen molar-refractivity contribution in [3.8, 4) is 23.0 Å². The Morgan fingerprint density at radius 2 is 1.32 bits per heavy atom. The van der Waals surface area contributed by atoms with E-state index in [2.05, 4.69) is 0 Å². The van der Waals surface area contributed by atoms with Gasteiger partial charge in [0.2, 0.25) is 0 Å². The summed E-state index contributed by atoms with van der Waals surface area (Å²) in [6, 6.07) is 24.9. The Labute approximate surface area is 198 Å². The number of carboxylic acid groups (broad SMARTS) is 1. The lowest BCUT2D eigenvalue weighted by Gasteiger charge is -2.34. The van der Waals surface area contributed by atoms with E-state index in [-0.39, 0.29) is 5.92 Å². The first-order chi connectivity index (χ1) is 16.5.